The number of hydrogen-bond donors (Lipinski definition) is 4. The van der Waals surface area contributed by atoms with E-state index in [0.717, 1.165) is 0 Å². The first kappa shape index (κ1) is 27.1. The van der Waals surface area contributed by atoms with Gasteiger partial charge in [-0.2, -0.15) is 0 Å². The minimum absolute atomic E-state index is 0.0509. The number of aliphatic carboxylic acids is 3. The summed E-state index contributed by atoms with van der Waals surface area (Å²) in [6.07, 6.45) is 3.13. The molecule has 0 aliphatic carbocycles. The first-order valence-electron chi connectivity index (χ1n) is 11.0. The lowest BCUT2D eigenvalue weighted by molar-refractivity contribution is -0.140. The molecule has 13 nitrogen and oxygen atoms in total. The second-order valence-corrected chi connectivity index (χ2v) is 8.07. The van der Waals surface area contributed by atoms with E-state index in [-0.39, 0.29) is 32.1 Å². The zero-order valence-electron chi connectivity index (χ0n) is 19.0. The second-order valence-electron chi connectivity index (χ2n) is 8.07. The summed E-state index contributed by atoms with van der Waals surface area (Å²) in [6.45, 7) is 2.21. The largest absolute Gasteiger partial charge is 0.480 e. The van der Waals surface area contributed by atoms with Crippen LogP contribution in [-0.4, -0.2) is 142 Å². The van der Waals surface area contributed by atoms with E-state index in [2.05, 4.69) is 10.3 Å². The fraction of sp³-hybridized carbons (Fsp3) is 0.571. The van der Waals surface area contributed by atoms with Crippen LogP contribution in [0.4, 0.5) is 5.69 Å². The van der Waals surface area contributed by atoms with Crippen LogP contribution in [0.15, 0.2) is 24.5 Å². The lowest BCUT2D eigenvalue weighted by Gasteiger charge is -2.32. The molecule has 34 heavy (non-hydrogen) atoms. The summed E-state index contributed by atoms with van der Waals surface area (Å²) in [5.74, 6) is -3.24. The number of hydrogen-bond acceptors (Lipinski definition) is 9. The van der Waals surface area contributed by atoms with Crippen molar-refractivity contribution in [3.63, 3.8) is 0 Å². The van der Waals surface area contributed by atoms with Crippen molar-refractivity contribution in [3.05, 3.63) is 24.5 Å². The molecule has 4 N–H and O–H groups in total. The standard InChI is InChI=1S/C21H32N6O7/c28-18(23-17-1-3-22-4-2-17)13-24-5-7-25(14-19(29)30)9-11-27(16-21(33)34)12-10-26(8-6-24)15-20(31)32/h1-4H,5-16H2,(H,29,30)(H,31,32)(H,33,34)(H,22,23,28). The number of amides is 1. The van der Waals surface area contributed by atoms with Gasteiger partial charge in [-0.1, -0.05) is 0 Å². The van der Waals surface area contributed by atoms with Crippen LogP contribution < -0.4 is 5.32 Å². The highest BCUT2D eigenvalue weighted by Gasteiger charge is 2.21. The van der Waals surface area contributed by atoms with Crippen LogP contribution in [0.3, 0.4) is 0 Å². The highest BCUT2D eigenvalue weighted by atomic mass is 16.4. The average molecular weight is 481 g/mol. The minimum atomic E-state index is -1.01. The predicted molar refractivity (Wildman–Crippen MR) is 122 cm³/mol. The van der Waals surface area contributed by atoms with Crippen LogP contribution >= 0.6 is 0 Å². The molecule has 2 rings (SSSR count). The lowest BCUT2D eigenvalue weighted by Crippen LogP contribution is -2.49. The Morgan fingerprint density at radius 3 is 1.29 bits per heavy atom. The van der Waals surface area contributed by atoms with Crippen LogP contribution in [0.25, 0.3) is 0 Å². The number of carboxylic acids is 3. The van der Waals surface area contributed by atoms with Gasteiger partial charge in [-0.05, 0) is 12.1 Å². The topological polar surface area (TPSA) is 167 Å². The highest BCUT2D eigenvalue weighted by Crippen LogP contribution is 2.05. The van der Waals surface area contributed by atoms with Crippen LogP contribution in [0.5, 0.6) is 0 Å². The van der Waals surface area contributed by atoms with Crippen molar-refractivity contribution >= 4 is 29.5 Å². The van der Waals surface area contributed by atoms with Crippen molar-refractivity contribution in [1.29, 1.82) is 0 Å². The van der Waals surface area contributed by atoms with Gasteiger partial charge in [-0.25, -0.2) is 0 Å². The first-order valence-corrected chi connectivity index (χ1v) is 11.0. The molecule has 1 saturated heterocycles. The van der Waals surface area contributed by atoms with Gasteiger partial charge in [0.25, 0.3) is 0 Å². The molecule has 2 heterocycles. The summed E-state index contributed by atoms with van der Waals surface area (Å²) >= 11 is 0. The van der Waals surface area contributed by atoms with Gasteiger partial charge in [0.2, 0.25) is 5.91 Å². The van der Waals surface area contributed by atoms with E-state index < -0.39 is 17.9 Å². The molecular formula is C21H32N6O7. The smallest absolute Gasteiger partial charge is 0.317 e. The summed E-state index contributed by atoms with van der Waals surface area (Å²) in [5.41, 5.74) is 0.605. The zero-order chi connectivity index (χ0) is 24.9. The zero-order valence-corrected chi connectivity index (χ0v) is 19.0. The normalized spacial score (nSPS) is 17.9. The van der Waals surface area contributed by atoms with Crippen molar-refractivity contribution < 1.29 is 34.5 Å². The number of anilines is 1. The Labute approximate surface area is 197 Å². The summed E-state index contributed by atoms with van der Waals surface area (Å²) < 4.78 is 0. The van der Waals surface area contributed by atoms with Gasteiger partial charge >= 0.3 is 17.9 Å². The number of pyridine rings is 1. The van der Waals surface area contributed by atoms with Gasteiger partial charge in [0.05, 0.1) is 26.2 Å². The SMILES string of the molecule is O=C(O)CN1CCN(CC(=O)O)CCN(CC(=O)Nc2ccncc2)CCN(CC(=O)O)CC1. The third-order valence-electron chi connectivity index (χ3n) is 5.34. The van der Waals surface area contributed by atoms with Crippen LogP contribution in [0, 0.1) is 0 Å². The van der Waals surface area contributed by atoms with Crippen molar-refractivity contribution in [2.45, 2.75) is 0 Å². The molecule has 0 unspecified atom stereocenters. The summed E-state index contributed by atoms with van der Waals surface area (Å²) in [7, 11) is 0. The van der Waals surface area contributed by atoms with Gasteiger partial charge in [0.1, 0.15) is 0 Å². The fourth-order valence-electron chi connectivity index (χ4n) is 3.62. The van der Waals surface area contributed by atoms with E-state index in [1.165, 1.54) is 0 Å². The van der Waals surface area contributed by atoms with Crippen LogP contribution in [0.2, 0.25) is 0 Å². The number of carboxylic acid groups (broad SMARTS) is 3. The Balaban J connectivity index is 2.11. The van der Waals surface area contributed by atoms with Crippen molar-refractivity contribution in [2.24, 2.45) is 0 Å². The van der Waals surface area contributed by atoms with E-state index in [1.54, 1.807) is 39.2 Å². The summed E-state index contributed by atoms with van der Waals surface area (Å²) in [4.78, 5) is 57.3. The molecule has 1 aliphatic rings. The van der Waals surface area contributed by atoms with Crippen LogP contribution in [0.1, 0.15) is 0 Å². The molecule has 1 aromatic rings. The van der Waals surface area contributed by atoms with E-state index in [9.17, 15) is 34.5 Å². The summed E-state index contributed by atoms with van der Waals surface area (Å²) in [5, 5.41) is 30.5. The fourth-order valence-corrected chi connectivity index (χ4v) is 3.62. The van der Waals surface area contributed by atoms with Gasteiger partial charge < -0.3 is 20.6 Å². The number of nitrogens with one attached hydrogen (secondary N) is 1. The maximum absolute atomic E-state index is 12.6. The molecule has 188 valence electrons. The second kappa shape index (κ2) is 14.2. The molecule has 0 radical (unpaired) electrons. The Kier molecular flexibility index (Phi) is 11.3. The Morgan fingerprint density at radius 2 is 0.971 bits per heavy atom. The van der Waals surface area contributed by atoms with Crippen molar-refractivity contribution in [1.82, 2.24) is 24.6 Å². The molecule has 13 heteroatoms. The predicted octanol–water partition coefficient (Wildman–Crippen LogP) is -1.50. The number of aromatic nitrogens is 1. The quantitative estimate of drug-likeness (QED) is 0.323. The minimum Gasteiger partial charge on any atom is -0.480 e. The molecule has 1 aromatic heterocycles. The van der Waals surface area contributed by atoms with Gasteiger partial charge in [-0.3, -0.25) is 43.8 Å². The maximum atomic E-state index is 12.6. The van der Waals surface area contributed by atoms with Crippen LogP contribution in [-0.2, 0) is 19.2 Å². The molecule has 1 amide bonds. The van der Waals surface area contributed by atoms with E-state index >= 15 is 0 Å². The third kappa shape index (κ3) is 11.1. The van der Waals surface area contributed by atoms with Gasteiger partial charge in [0.15, 0.2) is 0 Å². The monoisotopic (exact) mass is 480 g/mol. The number of carbonyl (C=O) groups is 4. The Hall–Kier alpha value is -3.13. The molecule has 0 bridgehead atoms. The van der Waals surface area contributed by atoms with E-state index in [1.807, 2.05) is 4.90 Å². The van der Waals surface area contributed by atoms with Gasteiger partial charge in [0, 0.05) is 70.4 Å². The lowest BCUT2D eigenvalue weighted by atomic mass is 10.3. The molecule has 0 aromatic carbocycles. The Bertz CT molecular complexity index is 793. The van der Waals surface area contributed by atoms with Crippen molar-refractivity contribution in [3.8, 4) is 0 Å². The molecule has 1 aliphatic heterocycles. The molecular weight excluding hydrogens is 448 g/mol. The first-order chi connectivity index (χ1) is 16.2. The number of nitrogens with zero attached hydrogens (tertiary/aromatic N) is 5. The highest BCUT2D eigenvalue weighted by molar-refractivity contribution is 5.92. The van der Waals surface area contributed by atoms with E-state index in [0.29, 0.717) is 58.0 Å². The summed E-state index contributed by atoms with van der Waals surface area (Å²) in [6, 6.07) is 3.33. The molecule has 1 fully saturated rings. The Morgan fingerprint density at radius 1 is 0.647 bits per heavy atom. The molecule has 0 spiro atoms. The number of rotatable bonds is 9. The third-order valence-corrected chi connectivity index (χ3v) is 5.34. The van der Waals surface area contributed by atoms with Crippen molar-refractivity contribution in [2.75, 3.05) is 83.9 Å². The van der Waals surface area contributed by atoms with Gasteiger partial charge in [-0.15, -0.1) is 0 Å². The average Bonchev–Trinajstić information content (AvgIpc) is 2.75. The number of carbonyl (C=O) groups excluding carboxylic acids is 1. The van der Waals surface area contributed by atoms with E-state index in [4.69, 9.17) is 0 Å². The maximum Gasteiger partial charge on any atom is 0.317 e. The molecule has 0 atom stereocenters. The molecule has 0 saturated carbocycles.